The molecule has 0 spiro atoms. The highest BCUT2D eigenvalue weighted by Gasteiger charge is 2.70. The molecule has 6 heteroatoms. The molecule has 2 heterocycles. The first-order valence-corrected chi connectivity index (χ1v) is 7.23. The number of fused-ring (bicyclic) bond motifs is 1. The summed E-state index contributed by atoms with van der Waals surface area (Å²) in [5, 5.41) is 2.96. The van der Waals surface area contributed by atoms with Crippen LogP contribution in [0.3, 0.4) is 0 Å². The molecule has 17 heavy (non-hydrogen) atoms. The monoisotopic (exact) mass is 316 g/mol. The van der Waals surface area contributed by atoms with E-state index < -0.39 is 0 Å². The highest BCUT2D eigenvalue weighted by atomic mass is 79.9. The fraction of sp³-hybridized carbons (Fsp3) is 0.636. The third-order valence-corrected chi connectivity index (χ3v) is 5.64. The van der Waals surface area contributed by atoms with Crippen molar-refractivity contribution in [3.05, 3.63) is 9.98 Å². The number of carbonyl (C=O) groups is 1. The molecular weight excluding hydrogens is 304 g/mol. The maximum absolute atomic E-state index is 11.9. The van der Waals surface area contributed by atoms with E-state index in [2.05, 4.69) is 32.7 Å². The Morgan fingerprint density at radius 3 is 3.12 bits per heavy atom. The summed E-state index contributed by atoms with van der Waals surface area (Å²) in [7, 11) is 1.47. The van der Waals surface area contributed by atoms with Crippen molar-refractivity contribution >= 4 is 38.4 Å². The second kappa shape index (κ2) is 3.68. The average Bonchev–Trinajstić information content (AvgIpc) is 2.78. The average molecular weight is 317 g/mol. The normalized spacial score (nSPS) is 34.6. The number of carbonyl (C=O) groups excluding carboxylic acids is 1. The van der Waals surface area contributed by atoms with Gasteiger partial charge in [0.15, 0.2) is 5.13 Å². The number of hydrogen-bond donors (Lipinski definition) is 0. The molecule has 3 atom stereocenters. The summed E-state index contributed by atoms with van der Waals surface area (Å²) >= 11 is 4.97. The van der Waals surface area contributed by atoms with Gasteiger partial charge in [-0.2, -0.15) is 0 Å². The number of rotatable bonds is 2. The summed E-state index contributed by atoms with van der Waals surface area (Å²) in [6, 6.07) is 0.179. The summed E-state index contributed by atoms with van der Waals surface area (Å²) in [6.07, 6.45) is 0.962. The molecule has 0 unspecified atom stereocenters. The zero-order chi connectivity index (χ0) is 12.2. The summed E-state index contributed by atoms with van der Waals surface area (Å²) in [5.41, 5.74) is -0.271. The molecule has 1 saturated carbocycles. The van der Waals surface area contributed by atoms with Gasteiger partial charge in [-0.25, -0.2) is 4.98 Å². The van der Waals surface area contributed by atoms with Crippen molar-refractivity contribution in [2.45, 2.75) is 19.4 Å². The second-order valence-corrected chi connectivity index (χ2v) is 6.36. The van der Waals surface area contributed by atoms with Crippen LogP contribution < -0.4 is 4.90 Å². The Morgan fingerprint density at radius 2 is 2.53 bits per heavy atom. The second-order valence-electron chi connectivity index (χ2n) is 4.71. The largest absolute Gasteiger partial charge is 0.469 e. The molecule has 1 aliphatic carbocycles. The van der Waals surface area contributed by atoms with Crippen molar-refractivity contribution in [1.29, 1.82) is 0 Å². The number of esters is 1. The minimum Gasteiger partial charge on any atom is -0.469 e. The first-order chi connectivity index (χ1) is 8.09. The highest BCUT2D eigenvalue weighted by Crippen LogP contribution is 2.62. The van der Waals surface area contributed by atoms with E-state index in [0.717, 1.165) is 22.7 Å². The quantitative estimate of drug-likeness (QED) is 0.785. The van der Waals surface area contributed by atoms with Crippen LogP contribution in [0, 0.1) is 11.3 Å². The predicted molar refractivity (Wildman–Crippen MR) is 69.2 cm³/mol. The number of piperidine rings is 1. The number of anilines is 1. The molecule has 2 fully saturated rings. The van der Waals surface area contributed by atoms with Crippen molar-refractivity contribution in [2.24, 2.45) is 11.3 Å². The van der Waals surface area contributed by atoms with E-state index in [0.29, 0.717) is 5.92 Å². The summed E-state index contributed by atoms with van der Waals surface area (Å²) in [5.74, 6) is 0.376. The Hall–Kier alpha value is -0.620. The smallest absolute Gasteiger partial charge is 0.314 e. The van der Waals surface area contributed by atoms with Gasteiger partial charge in [-0.3, -0.25) is 4.79 Å². The number of ether oxygens (including phenoxy) is 1. The zero-order valence-electron chi connectivity index (χ0n) is 9.64. The molecule has 4 nitrogen and oxygen atoms in total. The van der Waals surface area contributed by atoms with Gasteiger partial charge in [0, 0.05) is 18.0 Å². The van der Waals surface area contributed by atoms with Crippen molar-refractivity contribution in [3.8, 4) is 0 Å². The fourth-order valence-electron chi connectivity index (χ4n) is 2.99. The topological polar surface area (TPSA) is 42.4 Å². The van der Waals surface area contributed by atoms with E-state index in [1.165, 1.54) is 7.11 Å². The van der Waals surface area contributed by atoms with Crippen LogP contribution in [0.2, 0.25) is 0 Å². The van der Waals surface area contributed by atoms with Crippen molar-refractivity contribution < 1.29 is 9.53 Å². The van der Waals surface area contributed by atoms with Crippen LogP contribution in [0.25, 0.3) is 0 Å². The molecule has 0 N–H and O–H groups in total. The van der Waals surface area contributed by atoms with E-state index in [4.69, 9.17) is 4.74 Å². The third kappa shape index (κ3) is 1.46. The van der Waals surface area contributed by atoms with Gasteiger partial charge in [-0.1, -0.05) is 0 Å². The molecule has 1 aliphatic heterocycles. The van der Waals surface area contributed by atoms with Crippen LogP contribution in [-0.4, -0.2) is 30.6 Å². The van der Waals surface area contributed by atoms with Gasteiger partial charge in [0.2, 0.25) is 0 Å². The van der Waals surface area contributed by atoms with Crippen LogP contribution in [-0.2, 0) is 9.53 Å². The molecule has 0 amide bonds. The molecule has 0 radical (unpaired) electrons. The van der Waals surface area contributed by atoms with E-state index in [-0.39, 0.29) is 17.4 Å². The SMILES string of the molecule is COC(=O)[C@]12C[C@H]1CN(c1nc(Br)cs1)[C@@H]2C. The summed E-state index contributed by atoms with van der Waals surface area (Å²) in [6.45, 7) is 3.01. The van der Waals surface area contributed by atoms with Gasteiger partial charge >= 0.3 is 5.97 Å². The maximum atomic E-state index is 11.9. The Labute approximate surface area is 112 Å². The number of methoxy groups -OCH3 is 1. The van der Waals surface area contributed by atoms with Crippen LogP contribution in [0.4, 0.5) is 5.13 Å². The van der Waals surface area contributed by atoms with Crippen LogP contribution in [0.5, 0.6) is 0 Å². The van der Waals surface area contributed by atoms with E-state index in [1.807, 2.05) is 5.38 Å². The molecule has 0 aromatic carbocycles. The molecule has 1 aromatic rings. The van der Waals surface area contributed by atoms with Gasteiger partial charge < -0.3 is 9.64 Å². The van der Waals surface area contributed by atoms with Crippen LogP contribution in [0.15, 0.2) is 9.98 Å². The lowest BCUT2D eigenvalue weighted by atomic mass is 9.98. The van der Waals surface area contributed by atoms with Crippen molar-refractivity contribution in [2.75, 3.05) is 18.6 Å². The molecule has 92 valence electrons. The first-order valence-electron chi connectivity index (χ1n) is 5.55. The fourth-order valence-corrected chi connectivity index (χ4v) is 4.33. The molecule has 2 aliphatic rings. The van der Waals surface area contributed by atoms with Crippen LogP contribution in [0.1, 0.15) is 13.3 Å². The van der Waals surface area contributed by atoms with Crippen LogP contribution >= 0.6 is 27.3 Å². The lowest BCUT2D eigenvalue weighted by Crippen LogP contribution is -2.38. The van der Waals surface area contributed by atoms with Gasteiger partial charge in [-0.15, -0.1) is 11.3 Å². The predicted octanol–water partition coefficient (Wildman–Crippen LogP) is 2.29. The van der Waals surface area contributed by atoms with E-state index in [9.17, 15) is 4.79 Å². The molecule has 3 rings (SSSR count). The number of halogens is 1. The Balaban J connectivity index is 1.87. The Bertz CT molecular complexity index is 478. The summed E-state index contributed by atoms with van der Waals surface area (Å²) < 4.78 is 5.81. The minimum absolute atomic E-state index is 0.0619. The number of nitrogens with zero attached hydrogens (tertiary/aromatic N) is 2. The number of thiazole rings is 1. The number of aromatic nitrogens is 1. The first kappa shape index (κ1) is 11.5. The standard InChI is InChI=1S/C11H13BrN2O2S/c1-6-11(9(15)16-2)3-7(11)4-14(6)10-13-8(12)5-17-10/h5-7H,3-4H2,1-2H3/t6-,7+,11+/m1/s1. The van der Waals surface area contributed by atoms with Gasteiger partial charge in [0.25, 0.3) is 0 Å². The highest BCUT2D eigenvalue weighted by molar-refractivity contribution is 9.10. The van der Waals surface area contributed by atoms with Crippen molar-refractivity contribution in [3.63, 3.8) is 0 Å². The van der Waals surface area contributed by atoms with Gasteiger partial charge in [0.1, 0.15) is 4.60 Å². The number of hydrogen-bond acceptors (Lipinski definition) is 5. The summed E-state index contributed by atoms with van der Waals surface area (Å²) in [4.78, 5) is 18.5. The third-order valence-electron chi connectivity index (χ3n) is 4.06. The van der Waals surface area contributed by atoms with E-state index >= 15 is 0 Å². The minimum atomic E-state index is -0.271. The van der Waals surface area contributed by atoms with Gasteiger partial charge in [-0.05, 0) is 35.2 Å². The lowest BCUT2D eigenvalue weighted by Gasteiger charge is -2.27. The Kier molecular flexibility index (Phi) is 2.49. The maximum Gasteiger partial charge on any atom is 0.314 e. The van der Waals surface area contributed by atoms with E-state index in [1.54, 1.807) is 11.3 Å². The molecule has 0 bridgehead atoms. The molecule has 1 aromatic heterocycles. The molecular formula is C11H13BrN2O2S. The van der Waals surface area contributed by atoms with Gasteiger partial charge in [0.05, 0.1) is 12.5 Å². The molecule has 1 saturated heterocycles. The van der Waals surface area contributed by atoms with Crippen molar-refractivity contribution in [1.82, 2.24) is 4.98 Å². The zero-order valence-corrected chi connectivity index (χ0v) is 12.0. The Morgan fingerprint density at radius 1 is 1.76 bits per heavy atom. The lowest BCUT2D eigenvalue weighted by molar-refractivity contribution is -0.147.